The Labute approximate surface area is 194 Å². The van der Waals surface area contributed by atoms with Gasteiger partial charge >= 0.3 is 0 Å². The van der Waals surface area contributed by atoms with Crippen molar-refractivity contribution in [1.82, 2.24) is 10.6 Å². The zero-order chi connectivity index (χ0) is 24.1. The van der Waals surface area contributed by atoms with E-state index in [0.717, 1.165) is 12.8 Å². The van der Waals surface area contributed by atoms with Gasteiger partial charge in [-0.25, -0.2) is 0 Å². The molecule has 0 fully saturated rings. The molecule has 3 N–H and O–H groups in total. The Bertz CT molecular complexity index is 865. The summed E-state index contributed by atoms with van der Waals surface area (Å²) in [5, 5.41) is 15.2. The van der Waals surface area contributed by atoms with Gasteiger partial charge in [0.2, 0.25) is 11.7 Å². The predicted octanol–water partition coefficient (Wildman–Crippen LogP) is 2.17. The molecule has 0 aromatic heterocycles. The molecule has 9 heteroatoms. The van der Waals surface area contributed by atoms with Crippen molar-refractivity contribution in [3.63, 3.8) is 0 Å². The van der Waals surface area contributed by atoms with Gasteiger partial charge in [-0.15, -0.1) is 0 Å². The molecule has 0 radical (unpaired) electrons. The Morgan fingerprint density at radius 3 is 2.24 bits per heavy atom. The number of benzene rings is 2. The van der Waals surface area contributed by atoms with E-state index in [4.69, 9.17) is 18.9 Å². The minimum atomic E-state index is -0.973. The van der Waals surface area contributed by atoms with Crippen LogP contribution in [0.2, 0.25) is 0 Å². The number of hydrogen-bond acceptors (Lipinski definition) is 7. The van der Waals surface area contributed by atoms with E-state index in [2.05, 4.69) is 17.6 Å². The second kappa shape index (κ2) is 13.8. The van der Waals surface area contributed by atoms with Crippen molar-refractivity contribution >= 4 is 11.8 Å². The van der Waals surface area contributed by atoms with Crippen molar-refractivity contribution in [3.8, 4) is 23.0 Å². The number of carbonyl (C=O) groups excluding carboxylic acids is 2. The first-order chi connectivity index (χ1) is 16.0. The van der Waals surface area contributed by atoms with Crippen molar-refractivity contribution in [2.75, 3.05) is 40.5 Å². The zero-order valence-electron chi connectivity index (χ0n) is 19.3. The number of rotatable bonds is 14. The summed E-state index contributed by atoms with van der Waals surface area (Å²) in [4.78, 5) is 24.2. The predicted molar refractivity (Wildman–Crippen MR) is 123 cm³/mol. The maximum atomic E-state index is 12.2. The van der Waals surface area contributed by atoms with Gasteiger partial charge in [-0.1, -0.05) is 19.4 Å². The second-order valence-corrected chi connectivity index (χ2v) is 7.17. The molecule has 2 amide bonds. The molecule has 0 aliphatic carbocycles. The van der Waals surface area contributed by atoms with Gasteiger partial charge in [-0.3, -0.25) is 9.59 Å². The van der Waals surface area contributed by atoms with Gasteiger partial charge in [-0.05, 0) is 42.8 Å². The van der Waals surface area contributed by atoms with E-state index in [1.165, 1.54) is 14.2 Å². The highest BCUT2D eigenvalue weighted by molar-refractivity contribution is 5.96. The topological polar surface area (TPSA) is 115 Å². The lowest BCUT2D eigenvalue weighted by molar-refractivity contribution is -0.120. The number of methoxy groups -OCH3 is 2. The van der Waals surface area contributed by atoms with Crippen molar-refractivity contribution in [1.29, 1.82) is 0 Å². The molecule has 0 aliphatic rings. The lowest BCUT2D eigenvalue weighted by Gasteiger charge is -2.17. The molecule has 1 unspecified atom stereocenters. The monoisotopic (exact) mass is 460 g/mol. The number of carbonyl (C=O) groups is 2. The second-order valence-electron chi connectivity index (χ2n) is 7.17. The fourth-order valence-electron chi connectivity index (χ4n) is 2.79. The molecule has 2 rings (SSSR count). The SMILES string of the molecule is CCCCOc1ccc(C(=O)NCC(=O)NCC(O)COc2c(OC)cccc2OC)cc1. The lowest BCUT2D eigenvalue weighted by atomic mass is 10.2. The Morgan fingerprint density at radius 2 is 1.64 bits per heavy atom. The highest BCUT2D eigenvalue weighted by Crippen LogP contribution is 2.36. The maximum Gasteiger partial charge on any atom is 0.251 e. The summed E-state index contributed by atoms with van der Waals surface area (Å²) >= 11 is 0. The Kier molecular flexibility index (Phi) is 10.8. The van der Waals surface area contributed by atoms with Crippen LogP contribution in [0.3, 0.4) is 0 Å². The normalized spacial score (nSPS) is 11.3. The highest BCUT2D eigenvalue weighted by Gasteiger charge is 2.15. The van der Waals surface area contributed by atoms with E-state index < -0.39 is 12.0 Å². The van der Waals surface area contributed by atoms with Crippen LogP contribution in [0.15, 0.2) is 42.5 Å². The zero-order valence-corrected chi connectivity index (χ0v) is 19.3. The minimum absolute atomic E-state index is 0.0457. The van der Waals surface area contributed by atoms with Crippen LogP contribution in [0.1, 0.15) is 30.1 Å². The third-order valence-corrected chi connectivity index (χ3v) is 4.63. The molecule has 2 aromatic carbocycles. The van der Waals surface area contributed by atoms with Crippen LogP contribution < -0.4 is 29.6 Å². The fourth-order valence-corrected chi connectivity index (χ4v) is 2.79. The first kappa shape index (κ1) is 25.8. The van der Waals surface area contributed by atoms with Crippen LogP contribution in [0.5, 0.6) is 23.0 Å². The van der Waals surface area contributed by atoms with Crippen molar-refractivity contribution < 1.29 is 33.6 Å². The maximum absolute atomic E-state index is 12.2. The van der Waals surface area contributed by atoms with Gasteiger partial charge in [0.25, 0.3) is 5.91 Å². The molecule has 0 heterocycles. The smallest absolute Gasteiger partial charge is 0.251 e. The Morgan fingerprint density at radius 1 is 0.970 bits per heavy atom. The van der Waals surface area contributed by atoms with E-state index in [0.29, 0.717) is 35.2 Å². The number of ether oxygens (including phenoxy) is 4. The number of hydrogen-bond donors (Lipinski definition) is 3. The fraction of sp³-hybridized carbons (Fsp3) is 0.417. The average Bonchev–Trinajstić information content (AvgIpc) is 2.84. The largest absolute Gasteiger partial charge is 0.494 e. The van der Waals surface area contributed by atoms with Gasteiger partial charge in [0.15, 0.2) is 11.5 Å². The molecule has 2 aromatic rings. The molecule has 0 bridgehead atoms. The van der Waals surface area contributed by atoms with Crippen molar-refractivity contribution in [2.45, 2.75) is 25.9 Å². The molecule has 0 aliphatic heterocycles. The number of unbranched alkanes of at least 4 members (excludes halogenated alkanes) is 1. The number of nitrogens with one attached hydrogen (secondary N) is 2. The Balaban J connectivity index is 1.72. The van der Waals surface area contributed by atoms with Crippen LogP contribution in [0.4, 0.5) is 0 Å². The quantitative estimate of drug-likeness (QED) is 0.370. The van der Waals surface area contributed by atoms with Gasteiger partial charge in [-0.2, -0.15) is 0 Å². The first-order valence-electron chi connectivity index (χ1n) is 10.8. The van der Waals surface area contributed by atoms with E-state index in [1.807, 2.05) is 0 Å². The third kappa shape index (κ3) is 8.53. The molecular weight excluding hydrogens is 428 g/mol. The summed E-state index contributed by atoms with van der Waals surface area (Å²) in [6.07, 6.45) is 1.04. The summed E-state index contributed by atoms with van der Waals surface area (Å²) in [7, 11) is 3.00. The lowest BCUT2D eigenvalue weighted by Crippen LogP contribution is -2.41. The third-order valence-electron chi connectivity index (χ3n) is 4.63. The molecular formula is C24H32N2O7. The molecule has 1 atom stereocenters. The van der Waals surface area contributed by atoms with Crippen LogP contribution in [-0.2, 0) is 4.79 Å². The molecule has 0 saturated carbocycles. The Hall–Kier alpha value is -3.46. The highest BCUT2D eigenvalue weighted by atomic mass is 16.5. The van der Waals surface area contributed by atoms with Gasteiger partial charge in [0, 0.05) is 12.1 Å². The standard InChI is InChI=1S/C24H32N2O7/c1-4-5-13-32-19-11-9-17(10-12-19)24(29)26-15-22(28)25-14-18(27)16-33-23-20(30-2)7-6-8-21(23)31-3/h6-12,18,27H,4-5,13-16H2,1-3H3,(H,25,28)(H,26,29). The molecule has 0 spiro atoms. The summed E-state index contributed by atoms with van der Waals surface area (Å²) in [5.41, 5.74) is 0.421. The number of amides is 2. The number of aliphatic hydroxyl groups is 1. The van der Waals surface area contributed by atoms with Crippen LogP contribution in [-0.4, -0.2) is 63.5 Å². The first-order valence-corrected chi connectivity index (χ1v) is 10.8. The summed E-state index contributed by atoms with van der Waals surface area (Å²) in [6, 6.07) is 11.9. The van der Waals surface area contributed by atoms with E-state index in [9.17, 15) is 14.7 Å². The molecule has 33 heavy (non-hydrogen) atoms. The van der Waals surface area contributed by atoms with E-state index in [1.54, 1.807) is 42.5 Å². The summed E-state index contributed by atoms with van der Waals surface area (Å²) < 4.78 is 21.6. The van der Waals surface area contributed by atoms with Crippen molar-refractivity contribution in [2.24, 2.45) is 0 Å². The van der Waals surface area contributed by atoms with Crippen LogP contribution >= 0.6 is 0 Å². The van der Waals surface area contributed by atoms with Crippen LogP contribution in [0.25, 0.3) is 0 Å². The van der Waals surface area contributed by atoms with Gasteiger partial charge in [0.1, 0.15) is 18.5 Å². The average molecular weight is 461 g/mol. The van der Waals surface area contributed by atoms with E-state index in [-0.39, 0.29) is 25.6 Å². The number of aliphatic hydroxyl groups excluding tert-OH is 1. The van der Waals surface area contributed by atoms with Gasteiger partial charge in [0.05, 0.1) is 27.4 Å². The molecule has 0 saturated heterocycles. The van der Waals surface area contributed by atoms with Gasteiger partial charge < -0.3 is 34.7 Å². The number of para-hydroxylation sites is 1. The molecule has 180 valence electrons. The minimum Gasteiger partial charge on any atom is -0.494 e. The van der Waals surface area contributed by atoms with E-state index >= 15 is 0 Å². The summed E-state index contributed by atoms with van der Waals surface area (Å²) in [5.74, 6) is 1.18. The molecule has 9 nitrogen and oxygen atoms in total. The summed E-state index contributed by atoms with van der Waals surface area (Å²) in [6.45, 7) is 2.36. The van der Waals surface area contributed by atoms with Crippen LogP contribution in [0, 0.1) is 0 Å². The van der Waals surface area contributed by atoms with Crippen molar-refractivity contribution in [3.05, 3.63) is 48.0 Å².